The lowest BCUT2D eigenvalue weighted by Gasteiger charge is -2.34. The first-order valence-corrected chi connectivity index (χ1v) is 8.86. The van der Waals surface area contributed by atoms with E-state index in [1.807, 2.05) is 0 Å². The highest BCUT2D eigenvalue weighted by Crippen LogP contribution is 2.42. The number of fused-ring (bicyclic) bond motifs is 1. The van der Waals surface area contributed by atoms with Crippen molar-refractivity contribution < 1.29 is 18.3 Å². The number of halogens is 2. The first kappa shape index (κ1) is 17.5. The molecule has 24 heavy (non-hydrogen) atoms. The second-order valence-electron chi connectivity index (χ2n) is 6.81. The number of aromatic nitrogens is 1. The molecule has 0 unspecified atom stereocenters. The van der Waals surface area contributed by atoms with Gasteiger partial charge >= 0.3 is 0 Å². The Morgan fingerprint density at radius 3 is 3.08 bits per heavy atom. The van der Waals surface area contributed by atoms with E-state index in [1.165, 1.54) is 31.2 Å². The molecule has 2 atom stereocenters. The van der Waals surface area contributed by atoms with Gasteiger partial charge in [-0.1, -0.05) is 6.92 Å². The molecule has 0 aromatic carbocycles. The molecule has 0 saturated carbocycles. The Kier molecular flexibility index (Phi) is 5.66. The van der Waals surface area contributed by atoms with Gasteiger partial charge in [0.15, 0.2) is 0 Å². The van der Waals surface area contributed by atoms with Crippen LogP contribution in [-0.4, -0.2) is 47.8 Å². The van der Waals surface area contributed by atoms with E-state index in [9.17, 15) is 8.78 Å². The minimum atomic E-state index is -2.50. The fourth-order valence-corrected chi connectivity index (χ4v) is 4.02. The van der Waals surface area contributed by atoms with Crippen LogP contribution in [0.2, 0.25) is 0 Å². The summed E-state index contributed by atoms with van der Waals surface area (Å²) in [6, 6.07) is 2.97. The van der Waals surface area contributed by atoms with Crippen molar-refractivity contribution in [2.75, 3.05) is 26.4 Å². The molecule has 0 N–H and O–H groups in total. The standard InChI is InChI=1S/C18H26F2N2O2/c1-2-10-23-13-18-6-3-9-22(18)15(4-7-18)12-24-16-11-14(17(19)20)5-8-21-16/h5,8,11,15,17H,2-4,6-7,9-10,12-13H2,1H3/t15-,18-/m0/s1. The Labute approximate surface area is 142 Å². The highest BCUT2D eigenvalue weighted by Gasteiger charge is 2.49. The van der Waals surface area contributed by atoms with E-state index in [2.05, 4.69) is 16.8 Å². The van der Waals surface area contributed by atoms with Crippen LogP contribution >= 0.6 is 0 Å². The number of rotatable bonds is 8. The highest BCUT2D eigenvalue weighted by atomic mass is 19.3. The second kappa shape index (κ2) is 7.74. The van der Waals surface area contributed by atoms with Crippen molar-refractivity contribution in [1.82, 2.24) is 9.88 Å². The third kappa shape index (κ3) is 3.70. The van der Waals surface area contributed by atoms with Crippen molar-refractivity contribution in [3.8, 4) is 5.88 Å². The van der Waals surface area contributed by atoms with Crippen LogP contribution in [0.15, 0.2) is 18.3 Å². The molecular formula is C18H26F2N2O2. The minimum absolute atomic E-state index is 0.0464. The monoisotopic (exact) mass is 340 g/mol. The molecule has 2 fully saturated rings. The van der Waals surface area contributed by atoms with Gasteiger partial charge in [-0.25, -0.2) is 13.8 Å². The van der Waals surface area contributed by atoms with Crippen LogP contribution in [0.25, 0.3) is 0 Å². The molecule has 0 bridgehead atoms. The van der Waals surface area contributed by atoms with Gasteiger partial charge in [-0.3, -0.25) is 4.90 Å². The first-order valence-electron chi connectivity index (χ1n) is 8.86. The molecule has 3 rings (SSSR count). The summed E-state index contributed by atoms with van der Waals surface area (Å²) >= 11 is 0. The highest BCUT2D eigenvalue weighted by molar-refractivity contribution is 5.21. The van der Waals surface area contributed by atoms with Gasteiger partial charge in [0, 0.05) is 36.0 Å². The van der Waals surface area contributed by atoms with Crippen molar-refractivity contribution in [1.29, 1.82) is 0 Å². The molecule has 1 aromatic heterocycles. The van der Waals surface area contributed by atoms with Crippen molar-refractivity contribution in [2.45, 2.75) is 57.0 Å². The predicted octanol–water partition coefficient (Wildman–Crippen LogP) is 3.82. The normalized spacial score (nSPS) is 26.9. The zero-order valence-electron chi connectivity index (χ0n) is 14.2. The van der Waals surface area contributed by atoms with Gasteiger partial charge in [-0.05, 0) is 44.7 Å². The maximum Gasteiger partial charge on any atom is 0.264 e. The van der Waals surface area contributed by atoms with Crippen molar-refractivity contribution in [3.05, 3.63) is 23.9 Å². The van der Waals surface area contributed by atoms with Gasteiger partial charge in [0.05, 0.1) is 6.61 Å². The van der Waals surface area contributed by atoms with Gasteiger partial charge in [-0.15, -0.1) is 0 Å². The molecule has 0 aliphatic carbocycles. The lowest BCUT2D eigenvalue weighted by molar-refractivity contribution is 0.0176. The molecule has 134 valence electrons. The summed E-state index contributed by atoms with van der Waals surface area (Å²) in [4.78, 5) is 6.56. The van der Waals surface area contributed by atoms with Crippen LogP contribution in [0, 0.1) is 0 Å². The molecule has 3 heterocycles. The van der Waals surface area contributed by atoms with Crippen LogP contribution in [0.3, 0.4) is 0 Å². The molecule has 6 heteroatoms. The van der Waals surface area contributed by atoms with Crippen molar-refractivity contribution >= 4 is 0 Å². The summed E-state index contributed by atoms with van der Waals surface area (Å²) < 4.78 is 37.1. The van der Waals surface area contributed by atoms with E-state index in [0.717, 1.165) is 39.0 Å². The van der Waals surface area contributed by atoms with Crippen molar-refractivity contribution in [3.63, 3.8) is 0 Å². The number of nitrogens with zero attached hydrogens (tertiary/aromatic N) is 2. The molecule has 0 amide bonds. The Bertz CT molecular complexity index is 544. The van der Waals surface area contributed by atoms with Gasteiger partial charge in [0.2, 0.25) is 5.88 Å². The van der Waals surface area contributed by atoms with Gasteiger partial charge in [0.1, 0.15) is 6.61 Å². The fourth-order valence-electron chi connectivity index (χ4n) is 4.02. The summed E-state index contributed by atoms with van der Waals surface area (Å²) in [7, 11) is 0. The number of alkyl halides is 2. The Balaban J connectivity index is 1.57. The number of ether oxygens (including phenoxy) is 2. The third-order valence-corrected chi connectivity index (χ3v) is 5.19. The fraction of sp³-hybridized carbons (Fsp3) is 0.722. The second-order valence-corrected chi connectivity index (χ2v) is 6.81. The maximum absolute atomic E-state index is 12.8. The third-order valence-electron chi connectivity index (χ3n) is 5.19. The minimum Gasteiger partial charge on any atom is -0.476 e. The Morgan fingerprint density at radius 2 is 2.29 bits per heavy atom. The molecule has 1 aromatic rings. The summed E-state index contributed by atoms with van der Waals surface area (Å²) in [5.74, 6) is 0.284. The SMILES string of the molecule is CCCOC[C@@]12CCCN1[C@H](COc1cc(C(F)F)ccn1)CC2. The molecule has 2 aliphatic heterocycles. The summed E-state index contributed by atoms with van der Waals surface area (Å²) in [5.41, 5.74) is 0.108. The average molecular weight is 340 g/mol. The zero-order chi connectivity index (χ0) is 17.0. The van der Waals surface area contributed by atoms with Crippen LogP contribution in [0.4, 0.5) is 8.78 Å². The van der Waals surface area contributed by atoms with E-state index in [0.29, 0.717) is 12.6 Å². The van der Waals surface area contributed by atoms with E-state index in [1.54, 1.807) is 0 Å². The smallest absolute Gasteiger partial charge is 0.264 e. The molecule has 0 radical (unpaired) electrons. The number of hydrogen-bond acceptors (Lipinski definition) is 4. The van der Waals surface area contributed by atoms with E-state index >= 15 is 0 Å². The number of hydrogen-bond donors (Lipinski definition) is 0. The lowest BCUT2D eigenvalue weighted by Crippen LogP contribution is -2.47. The van der Waals surface area contributed by atoms with E-state index < -0.39 is 6.43 Å². The van der Waals surface area contributed by atoms with Gasteiger partial charge < -0.3 is 9.47 Å². The largest absolute Gasteiger partial charge is 0.476 e. The van der Waals surface area contributed by atoms with Crippen LogP contribution in [0.5, 0.6) is 5.88 Å². The van der Waals surface area contributed by atoms with E-state index in [4.69, 9.17) is 9.47 Å². The van der Waals surface area contributed by atoms with Crippen molar-refractivity contribution in [2.24, 2.45) is 0 Å². The van der Waals surface area contributed by atoms with E-state index in [-0.39, 0.29) is 17.0 Å². The van der Waals surface area contributed by atoms with Crippen LogP contribution in [-0.2, 0) is 4.74 Å². The zero-order valence-corrected chi connectivity index (χ0v) is 14.2. The Morgan fingerprint density at radius 1 is 1.42 bits per heavy atom. The summed E-state index contributed by atoms with van der Waals surface area (Å²) in [6.45, 7) is 5.27. The average Bonchev–Trinajstić information content (AvgIpc) is 3.13. The number of pyridine rings is 1. The lowest BCUT2D eigenvalue weighted by atomic mass is 9.95. The topological polar surface area (TPSA) is 34.6 Å². The molecule has 0 spiro atoms. The molecular weight excluding hydrogens is 314 g/mol. The Hall–Kier alpha value is -1.27. The quantitative estimate of drug-likeness (QED) is 0.674. The summed E-state index contributed by atoms with van der Waals surface area (Å²) in [6.07, 6.45) is 4.46. The molecule has 2 saturated heterocycles. The summed E-state index contributed by atoms with van der Waals surface area (Å²) in [5, 5.41) is 0. The van der Waals surface area contributed by atoms with Gasteiger partial charge in [-0.2, -0.15) is 0 Å². The predicted molar refractivity (Wildman–Crippen MR) is 87.5 cm³/mol. The first-order chi connectivity index (χ1) is 11.6. The van der Waals surface area contributed by atoms with Crippen LogP contribution in [0.1, 0.15) is 51.0 Å². The molecule has 4 nitrogen and oxygen atoms in total. The van der Waals surface area contributed by atoms with Crippen LogP contribution < -0.4 is 4.74 Å². The molecule has 2 aliphatic rings. The maximum atomic E-state index is 12.8. The van der Waals surface area contributed by atoms with Gasteiger partial charge in [0.25, 0.3) is 6.43 Å².